The summed E-state index contributed by atoms with van der Waals surface area (Å²) >= 11 is -1.67. The third-order valence-electron chi connectivity index (χ3n) is 4.46. The predicted octanol–water partition coefficient (Wildman–Crippen LogP) is 3.11. The zero-order valence-electron chi connectivity index (χ0n) is 17.1. The topological polar surface area (TPSA) is 90.9 Å². The van der Waals surface area contributed by atoms with Gasteiger partial charge in [-0.15, -0.1) is 0 Å². The maximum Gasteiger partial charge on any atom is 0.190 e. The SMILES string of the molecule is CS(=O)ONC1OC(C)(C)C(c2ccc(S(C)(=O)=O)cc2)=C1Oc1ccc(F)c(F)c1. The van der Waals surface area contributed by atoms with Gasteiger partial charge in [0.25, 0.3) is 0 Å². The van der Waals surface area contributed by atoms with Gasteiger partial charge >= 0.3 is 0 Å². The van der Waals surface area contributed by atoms with Crippen LogP contribution in [0.4, 0.5) is 8.78 Å². The first-order valence-corrected chi connectivity index (χ1v) is 12.4. The van der Waals surface area contributed by atoms with Gasteiger partial charge in [0, 0.05) is 24.2 Å². The molecule has 2 atom stereocenters. The van der Waals surface area contributed by atoms with Gasteiger partial charge in [-0.25, -0.2) is 21.4 Å². The standard InChI is InChI=1S/C20H21F2NO6S2/c1-20(2)17(12-5-8-14(9-6-12)31(4,25)26)18(19(28-20)23-29-30(3)24)27-13-7-10-15(21)16(22)11-13/h5-11,19,23H,1-4H3. The molecule has 2 aromatic rings. The van der Waals surface area contributed by atoms with Crippen LogP contribution < -0.4 is 10.2 Å². The van der Waals surface area contributed by atoms with Crippen LogP contribution in [0.5, 0.6) is 5.75 Å². The maximum atomic E-state index is 13.7. The Kier molecular flexibility index (Phi) is 6.63. The number of ether oxygens (including phenoxy) is 2. The van der Waals surface area contributed by atoms with Crippen molar-refractivity contribution in [2.75, 3.05) is 12.5 Å². The van der Waals surface area contributed by atoms with E-state index in [2.05, 4.69) is 5.48 Å². The molecule has 0 radical (unpaired) electrons. The van der Waals surface area contributed by atoms with Crippen molar-refractivity contribution in [2.45, 2.75) is 30.6 Å². The number of hydroxylamine groups is 1. The largest absolute Gasteiger partial charge is 0.457 e. The minimum absolute atomic E-state index is 0.00452. The highest BCUT2D eigenvalue weighted by Crippen LogP contribution is 2.42. The lowest BCUT2D eigenvalue weighted by atomic mass is 9.91. The second kappa shape index (κ2) is 8.75. The van der Waals surface area contributed by atoms with Crippen molar-refractivity contribution in [3.63, 3.8) is 0 Å². The van der Waals surface area contributed by atoms with E-state index in [1.165, 1.54) is 24.5 Å². The van der Waals surface area contributed by atoms with E-state index in [9.17, 15) is 21.4 Å². The number of hydrogen-bond donors (Lipinski definition) is 1. The Morgan fingerprint density at radius 2 is 1.74 bits per heavy atom. The molecule has 1 aliphatic rings. The van der Waals surface area contributed by atoms with Gasteiger partial charge in [-0.3, -0.25) is 0 Å². The average Bonchev–Trinajstić information content (AvgIpc) is 2.92. The third kappa shape index (κ3) is 5.36. The van der Waals surface area contributed by atoms with E-state index in [0.717, 1.165) is 18.4 Å². The minimum Gasteiger partial charge on any atom is -0.457 e. The molecule has 0 spiro atoms. The number of benzene rings is 2. The van der Waals surface area contributed by atoms with Gasteiger partial charge in [0.05, 0.1) is 10.5 Å². The van der Waals surface area contributed by atoms with Gasteiger partial charge in [0.15, 0.2) is 44.5 Å². The first-order chi connectivity index (χ1) is 14.4. The summed E-state index contributed by atoms with van der Waals surface area (Å²) in [7, 11) is -3.39. The molecule has 3 rings (SSSR count). The minimum atomic E-state index is -3.39. The van der Waals surface area contributed by atoms with E-state index in [-0.39, 0.29) is 16.4 Å². The van der Waals surface area contributed by atoms with Crippen LogP contribution in [0.2, 0.25) is 0 Å². The van der Waals surface area contributed by atoms with Crippen LogP contribution in [0.25, 0.3) is 5.57 Å². The molecular formula is C20H21F2NO6S2. The van der Waals surface area contributed by atoms with Gasteiger partial charge in [0.1, 0.15) is 5.75 Å². The molecule has 0 saturated heterocycles. The monoisotopic (exact) mass is 473 g/mol. The zero-order chi connectivity index (χ0) is 23.0. The fourth-order valence-electron chi connectivity index (χ4n) is 3.15. The van der Waals surface area contributed by atoms with Crippen LogP contribution in [-0.2, 0) is 29.9 Å². The molecule has 2 unspecified atom stereocenters. The molecule has 0 aromatic heterocycles. The van der Waals surface area contributed by atoms with E-state index < -0.39 is 44.4 Å². The first-order valence-electron chi connectivity index (χ1n) is 9.00. The lowest BCUT2D eigenvalue weighted by molar-refractivity contribution is -0.0663. The molecule has 168 valence electrons. The van der Waals surface area contributed by atoms with Crippen LogP contribution in [0, 0.1) is 11.6 Å². The highest BCUT2D eigenvalue weighted by atomic mass is 32.2. The van der Waals surface area contributed by atoms with Crippen LogP contribution >= 0.6 is 0 Å². The van der Waals surface area contributed by atoms with E-state index in [1.54, 1.807) is 26.0 Å². The molecule has 1 aliphatic heterocycles. The van der Waals surface area contributed by atoms with Crippen LogP contribution in [0.1, 0.15) is 19.4 Å². The molecule has 1 N–H and O–H groups in total. The maximum absolute atomic E-state index is 13.7. The molecule has 0 aliphatic carbocycles. The zero-order valence-corrected chi connectivity index (χ0v) is 18.8. The van der Waals surface area contributed by atoms with Gasteiger partial charge in [0.2, 0.25) is 0 Å². The Balaban J connectivity index is 2.10. The van der Waals surface area contributed by atoms with Crippen molar-refractivity contribution in [3.8, 4) is 5.75 Å². The van der Waals surface area contributed by atoms with Crippen molar-refractivity contribution in [1.29, 1.82) is 0 Å². The molecule has 0 bridgehead atoms. The molecule has 0 saturated carbocycles. The van der Waals surface area contributed by atoms with Crippen LogP contribution in [-0.4, -0.2) is 37.0 Å². The van der Waals surface area contributed by atoms with Crippen molar-refractivity contribution in [1.82, 2.24) is 5.48 Å². The molecule has 31 heavy (non-hydrogen) atoms. The molecule has 11 heteroatoms. The first kappa shape index (κ1) is 23.5. The average molecular weight is 474 g/mol. The Labute approximate surface area is 181 Å². The van der Waals surface area contributed by atoms with Crippen LogP contribution in [0.15, 0.2) is 53.1 Å². The predicted molar refractivity (Wildman–Crippen MR) is 111 cm³/mol. The lowest BCUT2D eigenvalue weighted by Crippen LogP contribution is -2.36. The number of rotatable bonds is 7. The van der Waals surface area contributed by atoms with E-state index in [1.807, 2.05) is 0 Å². The quantitative estimate of drug-likeness (QED) is 0.618. The van der Waals surface area contributed by atoms with Gasteiger partial charge < -0.3 is 9.47 Å². The Bertz CT molecular complexity index is 1150. The summed E-state index contributed by atoms with van der Waals surface area (Å²) < 4.78 is 78.7. The number of sulfone groups is 1. The second-order valence-corrected chi connectivity index (χ2v) is 10.3. The highest BCUT2D eigenvalue weighted by molar-refractivity contribution is 7.90. The van der Waals surface area contributed by atoms with Crippen molar-refractivity contribution in [3.05, 3.63) is 65.4 Å². The summed E-state index contributed by atoms with van der Waals surface area (Å²) in [5.41, 5.74) is 2.63. The molecule has 1 heterocycles. The molecule has 7 nitrogen and oxygen atoms in total. The van der Waals surface area contributed by atoms with Crippen molar-refractivity contribution >= 4 is 26.5 Å². The highest BCUT2D eigenvalue weighted by Gasteiger charge is 2.43. The van der Waals surface area contributed by atoms with Gasteiger partial charge in [-0.05, 0) is 43.7 Å². The number of nitrogens with one attached hydrogen (secondary N) is 1. The van der Waals surface area contributed by atoms with E-state index >= 15 is 0 Å². The number of halogens is 2. The Hall–Kier alpha value is -2.18. The molecule has 0 amide bonds. The third-order valence-corrected chi connectivity index (χ3v) is 5.92. The van der Waals surface area contributed by atoms with Crippen molar-refractivity contribution < 1.29 is 35.2 Å². The van der Waals surface area contributed by atoms with E-state index in [0.29, 0.717) is 11.1 Å². The summed E-state index contributed by atoms with van der Waals surface area (Å²) in [6.45, 7) is 3.48. The molecule has 0 fully saturated rings. The van der Waals surface area contributed by atoms with Gasteiger partial charge in [-0.2, -0.15) is 9.76 Å². The second-order valence-electron chi connectivity index (χ2n) is 7.32. The summed E-state index contributed by atoms with van der Waals surface area (Å²) in [6, 6.07) is 9.12. The smallest absolute Gasteiger partial charge is 0.190 e. The summed E-state index contributed by atoms with van der Waals surface area (Å²) in [5, 5.41) is 0. The summed E-state index contributed by atoms with van der Waals surface area (Å²) in [5.74, 6) is -1.95. The fraction of sp³-hybridized carbons (Fsp3) is 0.300. The Morgan fingerprint density at radius 3 is 2.29 bits per heavy atom. The number of hydrogen-bond acceptors (Lipinski definition) is 7. The van der Waals surface area contributed by atoms with Crippen LogP contribution in [0.3, 0.4) is 0 Å². The normalized spacial score (nSPS) is 19.5. The van der Waals surface area contributed by atoms with E-state index in [4.69, 9.17) is 13.8 Å². The lowest BCUT2D eigenvalue weighted by Gasteiger charge is -2.23. The molecule has 2 aromatic carbocycles. The van der Waals surface area contributed by atoms with Crippen molar-refractivity contribution in [2.24, 2.45) is 0 Å². The fourth-order valence-corrected chi connectivity index (χ4v) is 4.01. The summed E-state index contributed by atoms with van der Waals surface area (Å²) in [6.07, 6.45) is 1.37. The summed E-state index contributed by atoms with van der Waals surface area (Å²) in [4.78, 5) is 0.135. The van der Waals surface area contributed by atoms with Gasteiger partial charge in [-0.1, -0.05) is 12.1 Å². The molecular weight excluding hydrogens is 452 g/mol. The Morgan fingerprint density at radius 1 is 1.10 bits per heavy atom.